The molecule has 0 heterocycles. The summed E-state index contributed by atoms with van der Waals surface area (Å²) in [5, 5.41) is 8.58. The zero-order valence-electron chi connectivity index (χ0n) is 8.07. The van der Waals surface area contributed by atoms with Crippen molar-refractivity contribution in [3.05, 3.63) is 29.8 Å². The lowest BCUT2D eigenvalue weighted by molar-refractivity contribution is 0.201. The zero-order valence-corrected chi connectivity index (χ0v) is 8.07. The summed E-state index contributed by atoms with van der Waals surface area (Å²) < 4.78 is 5.25. The van der Waals surface area contributed by atoms with Gasteiger partial charge in [-0.3, -0.25) is 0 Å². The molecule has 0 unspecified atom stereocenters. The van der Waals surface area contributed by atoms with E-state index in [1.807, 2.05) is 24.3 Å². The first-order valence-electron chi connectivity index (χ1n) is 4.88. The standard InChI is InChI=1S/C11H15NO2/c12-11(5-6-11)9-1-3-10(4-2-9)14-8-7-13/h1-4,13H,5-8,12H2. The molecule has 76 valence electrons. The molecule has 2 rings (SSSR count). The van der Waals surface area contributed by atoms with Crippen LogP contribution in [0.3, 0.4) is 0 Å². The Bertz CT molecular complexity index is 304. The molecule has 1 fully saturated rings. The third-order valence-electron chi connectivity index (χ3n) is 2.58. The van der Waals surface area contributed by atoms with Gasteiger partial charge in [0.2, 0.25) is 0 Å². The lowest BCUT2D eigenvalue weighted by Gasteiger charge is -2.10. The van der Waals surface area contributed by atoms with E-state index < -0.39 is 0 Å². The van der Waals surface area contributed by atoms with E-state index >= 15 is 0 Å². The van der Waals surface area contributed by atoms with Gasteiger partial charge in [0, 0.05) is 5.54 Å². The normalized spacial score (nSPS) is 17.9. The molecular weight excluding hydrogens is 178 g/mol. The van der Waals surface area contributed by atoms with E-state index in [1.165, 1.54) is 5.56 Å². The van der Waals surface area contributed by atoms with Crippen LogP contribution in [0.15, 0.2) is 24.3 Å². The Morgan fingerprint density at radius 3 is 2.43 bits per heavy atom. The Morgan fingerprint density at radius 1 is 1.29 bits per heavy atom. The molecule has 1 aromatic rings. The third kappa shape index (κ3) is 1.89. The van der Waals surface area contributed by atoms with Crippen molar-refractivity contribution in [1.82, 2.24) is 0 Å². The largest absolute Gasteiger partial charge is 0.491 e. The molecule has 14 heavy (non-hydrogen) atoms. The highest BCUT2D eigenvalue weighted by Crippen LogP contribution is 2.42. The fourth-order valence-corrected chi connectivity index (χ4v) is 1.47. The fraction of sp³-hybridized carbons (Fsp3) is 0.455. The van der Waals surface area contributed by atoms with E-state index in [9.17, 15) is 0 Å². The molecule has 0 bridgehead atoms. The van der Waals surface area contributed by atoms with E-state index in [2.05, 4.69) is 0 Å². The fourth-order valence-electron chi connectivity index (χ4n) is 1.47. The van der Waals surface area contributed by atoms with Crippen molar-refractivity contribution in [2.24, 2.45) is 5.73 Å². The highest BCUT2D eigenvalue weighted by molar-refractivity contribution is 5.34. The van der Waals surface area contributed by atoms with Gasteiger partial charge in [-0.05, 0) is 30.5 Å². The summed E-state index contributed by atoms with van der Waals surface area (Å²) in [4.78, 5) is 0. The molecule has 0 radical (unpaired) electrons. The quantitative estimate of drug-likeness (QED) is 0.750. The monoisotopic (exact) mass is 193 g/mol. The average Bonchev–Trinajstić information content (AvgIpc) is 2.96. The van der Waals surface area contributed by atoms with Crippen molar-refractivity contribution in [2.45, 2.75) is 18.4 Å². The maximum absolute atomic E-state index is 8.58. The minimum atomic E-state index is -0.0739. The molecule has 3 heteroatoms. The van der Waals surface area contributed by atoms with Crippen molar-refractivity contribution in [3.8, 4) is 5.75 Å². The van der Waals surface area contributed by atoms with E-state index in [4.69, 9.17) is 15.6 Å². The van der Waals surface area contributed by atoms with E-state index in [-0.39, 0.29) is 12.1 Å². The smallest absolute Gasteiger partial charge is 0.119 e. The number of ether oxygens (including phenoxy) is 1. The molecule has 1 aromatic carbocycles. The van der Waals surface area contributed by atoms with Crippen molar-refractivity contribution in [3.63, 3.8) is 0 Å². The molecule has 0 atom stereocenters. The summed E-state index contributed by atoms with van der Waals surface area (Å²) in [6.07, 6.45) is 2.15. The molecule has 0 spiro atoms. The van der Waals surface area contributed by atoms with Crippen LogP contribution in [0.2, 0.25) is 0 Å². The summed E-state index contributed by atoms with van der Waals surface area (Å²) in [5.41, 5.74) is 7.14. The summed E-state index contributed by atoms with van der Waals surface area (Å²) >= 11 is 0. The van der Waals surface area contributed by atoms with E-state index in [0.29, 0.717) is 6.61 Å². The molecule has 1 aliphatic carbocycles. The van der Waals surface area contributed by atoms with Gasteiger partial charge in [-0.1, -0.05) is 12.1 Å². The molecule has 1 saturated carbocycles. The number of rotatable bonds is 4. The molecular formula is C11H15NO2. The maximum atomic E-state index is 8.58. The second-order valence-electron chi connectivity index (χ2n) is 3.75. The second-order valence-corrected chi connectivity index (χ2v) is 3.75. The van der Waals surface area contributed by atoms with Gasteiger partial charge >= 0.3 is 0 Å². The Morgan fingerprint density at radius 2 is 1.93 bits per heavy atom. The Kier molecular flexibility index (Phi) is 2.44. The maximum Gasteiger partial charge on any atom is 0.119 e. The van der Waals surface area contributed by atoms with Gasteiger partial charge in [0.25, 0.3) is 0 Å². The van der Waals surface area contributed by atoms with Gasteiger partial charge in [-0.25, -0.2) is 0 Å². The number of benzene rings is 1. The first-order chi connectivity index (χ1) is 6.74. The molecule has 0 aromatic heterocycles. The van der Waals surface area contributed by atoms with Crippen LogP contribution in [-0.2, 0) is 5.54 Å². The summed E-state index contributed by atoms with van der Waals surface area (Å²) in [5.74, 6) is 0.784. The Labute approximate surface area is 83.5 Å². The molecule has 1 aliphatic rings. The van der Waals surface area contributed by atoms with Crippen LogP contribution in [0.4, 0.5) is 0 Å². The van der Waals surface area contributed by atoms with Gasteiger partial charge in [0.05, 0.1) is 6.61 Å². The second kappa shape index (κ2) is 3.59. The lowest BCUT2D eigenvalue weighted by atomic mass is 10.1. The van der Waals surface area contributed by atoms with Crippen LogP contribution in [0.1, 0.15) is 18.4 Å². The molecule has 0 amide bonds. The summed E-state index contributed by atoms with van der Waals surface area (Å²) in [7, 11) is 0. The third-order valence-corrected chi connectivity index (χ3v) is 2.58. The number of aliphatic hydroxyl groups excluding tert-OH is 1. The van der Waals surface area contributed by atoms with E-state index in [1.54, 1.807) is 0 Å². The number of nitrogens with two attached hydrogens (primary N) is 1. The predicted molar refractivity (Wildman–Crippen MR) is 54.1 cm³/mol. The first-order valence-corrected chi connectivity index (χ1v) is 4.88. The molecule has 0 saturated heterocycles. The SMILES string of the molecule is NC1(c2ccc(OCCO)cc2)CC1. The summed E-state index contributed by atoms with van der Waals surface area (Å²) in [6, 6.07) is 7.80. The van der Waals surface area contributed by atoms with Crippen LogP contribution in [0, 0.1) is 0 Å². The van der Waals surface area contributed by atoms with Gasteiger partial charge in [-0.2, -0.15) is 0 Å². The zero-order chi connectivity index (χ0) is 10.0. The van der Waals surface area contributed by atoms with Gasteiger partial charge in [0.1, 0.15) is 12.4 Å². The predicted octanol–water partition coefficient (Wildman–Crippen LogP) is 1.01. The van der Waals surface area contributed by atoms with Gasteiger partial charge < -0.3 is 15.6 Å². The van der Waals surface area contributed by atoms with Crippen LogP contribution in [0.5, 0.6) is 5.75 Å². The van der Waals surface area contributed by atoms with Crippen LogP contribution < -0.4 is 10.5 Å². The lowest BCUT2D eigenvalue weighted by Crippen LogP contribution is -2.18. The van der Waals surface area contributed by atoms with Crippen molar-refractivity contribution in [2.75, 3.05) is 13.2 Å². The van der Waals surface area contributed by atoms with Crippen molar-refractivity contribution >= 4 is 0 Å². The Balaban J connectivity index is 2.03. The highest BCUT2D eigenvalue weighted by Gasteiger charge is 2.39. The van der Waals surface area contributed by atoms with E-state index in [0.717, 1.165) is 18.6 Å². The van der Waals surface area contributed by atoms with Crippen LogP contribution in [-0.4, -0.2) is 18.3 Å². The Hall–Kier alpha value is -1.06. The molecule has 3 nitrogen and oxygen atoms in total. The minimum absolute atomic E-state index is 0.0442. The van der Waals surface area contributed by atoms with Crippen LogP contribution in [0.25, 0.3) is 0 Å². The highest BCUT2D eigenvalue weighted by atomic mass is 16.5. The van der Waals surface area contributed by atoms with Gasteiger partial charge in [-0.15, -0.1) is 0 Å². The van der Waals surface area contributed by atoms with Crippen LogP contribution >= 0.6 is 0 Å². The van der Waals surface area contributed by atoms with Crippen molar-refractivity contribution < 1.29 is 9.84 Å². The first kappa shape index (κ1) is 9.49. The number of hydrogen-bond acceptors (Lipinski definition) is 3. The molecule has 0 aliphatic heterocycles. The molecule has 3 N–H and O–H groups in total. The average molecular weight is 193 g/mol. The number of hydrogen-bond donors (Lipinski definition) is 2. The minimum Gasteiger partial charge on any atom is -0.491 e. The number of aliphatic hydroxyl groups is 1. The van der Waals surface area contributed by atoms with Gasteiger partial charge in [0.15, 0.2) is 0 Å². The van der Waals surface area contributed by atoms with Crippen molar-refractivity contribution in [1.29, 1.82) is 0 Å². The topological polar surface area (TPSA) is 55.5 Å². The summed E-state index contributed by atoms with van der Waals surface area (Å²) in [6.45, 7) is 0.385.